The lowest BCUT2D eigenvalue weighted by Gasteiger charge is -2.10. The van der Waals surface area contributed by atoms with E-state index in [9.17, 15) is 0 Å². The van der Waals surface area contributed by atoms with Crippen molar-refractivity contribution in [2.45, 2.75) is 26.3 Å². The average Bonchev–Trinajstić information content (AvgIpc) is 2.58. The number of hydrogen-bond donors (Lipinski definition) is 1. The first-order valence-corrected chi connectivity index (χ1v) is 7.20. The Morgan fingerprint density at radius 3 is 2.65 bits per heavy atom. The van der Waals surface area contributed by atoms with E-state index in [0.717, 1.165) is 22.7 Å². The van der Waals surface area contributed by atoms with Crippen LogP contribution in [0.4, 0.5) is 0 Å². The second-order valence-corrected chi connectivity index (χ2v) is 5.80. The molecule has 1 heterocycles. The number of halogens is 1. The summed E-state index contributed by atoms with van der Waals surface area (Å²) >= 11 is 5.98. The zero-order valence-corrected chi connectivity index (χ0v) is 12.4. The predicted molar refractivity (Wildman–Crippen MR) is 84.6 cm³/mol. The molecule has 0 spiro atoms. The molecule has 20 heavy (non-hydrogen) atoms. The monoisotopic (exact) mass is 284 g/mol. The third-order valence-electron chi connectivity index (χ3n) is 3.56. The molecular weight excluding hydrogens is 268 g/mol. The van der Waals surface area contributed by atoms with Crippen LogP contribution in [0, 0.1) is 6.92 Å². The highest BCUT2D eigenvalue weighted by atomic mass is 35.5. The minimum Gasteiger partial charge on any atom is -0.306 e. The molecule has 2 aromatic carbocycles. The normalized spacial score (nSPS) is 17.8. The van der Waals surface area contributed by atoms with Crippen LogP contribution in [0.5, 0.6) is 0 Å². The Labute approximate surface area is 124 Å². The molecule has 0 fully saturated rings. The second kappa shape index (κ2) is 5.29. The zero-order chi connectivity index (χ0) is 14.1. The van der Waals surface area contributed by atoms with E-state index < -0.39 is 0 Å². The van der Waals surface area contributed by atoms with Gasteiger partial charge >= 0.3 is 0 Å². The first kappa shape index (κ1) is 13.2. The molecule has 3 heteroatoms. The lowest BCUT2D eigenvalue weighted by atomic mass is 9.93. The minimum absolute atomic E-state index is 0.334. The first-order chi connectivity index (χ1) is 9.63. The van der Waals surface area contributed by atoms with Crippen LogP contribution in [-0.2, 0) is 6.42 Å². The summed E-state index contributed by atoms with van der Waals surface area (Å²) in [5.41, 5.74) is 9.10. The summed E-state index contributed by atoms with van der Waals surface area (Å²) in [6.07, 6.45) is 0.982. The molecular formula is C17H17ClN2. The van der Waals surface area contributed by atoms with E-state index in [0.29, 0.717) is 6.04 Å². The maximum Gasteiger partial charge on any atom is 0.0976 e. The van der Waals surface area contributed by atoms with E-state index in [-0.39, 0.29) is 0 Å². The SMILES string of the molecule is Cc1ccc2c(c1)C(c1ccc(Cl)cc1)=NNC(C)C2. The van der Waals surface area contributed by atoms with Gasteiger partial charge in [0.2, 0.25) is 0 Å². The topological polar surface area (TPSA) is 24.4 Å². The molecule has 1 aliphatic rings. The Morgan fingerprint density at radius 1 is 1.15 bits per heavy atom. The Hall–Kier alpha value is -1.80. The van der Waals surface area contributed by atoms with Crippen molar-refractivity contribution in [3.63, 3.8) is 0 Å². The number of nitrogens with zero attached hydrogens (tertiary/aromatic N) is 1. The number of nitrogens with one attached hydrogen (secondary N) is 1. The van der Waals surface area contributed by atoms with Crippen molar-refractivity contribution in [2.75, 3.05) is 0 Å². The maximum absolute atomic E-state index is 5.98. The van der Waals surface area contributed by atoms with Crippen molar-refractivity contribution in [1.82, 2.24) is 5.43 Å². The number of rotatable bonds is 1. The first-order valence-electron chi connectivity index (χ1n) is 6.82. The molecule has 102 valence electrons. The lowest BCUT2D eigenvalue weighted by molar-refractivity contribution is 0.576. The number of hydrazone groups is 1. The van der Waals surface area contributed by atoms with E-state index in [2.05, 4.69) is 42.6 Å². The van der Waals surface area contributed by atoms with Gasteiger partial charge in [0.25, 0.3) is 0 Å². The smallest absolute Gasteiger partial charge is 0.0976 e. The molecule has 0 bridgehead atoms. The average molecular weight is 285 g/mol. The Kier molecular flexibility index (Phi) is 3.49. The molecule has 2 nitrogen and oxygen atoms in total. The summed E-state index contributed by atoms with van der Waals surface area (Å²) in [7, 11) is 0. The standard InChI is InChI=1S/C17H17ClN2/c1-11-3-4-14-10-12(2)19-20-17(16(14)9-11)13-5-7-15(18)8-6-13/h3-9,12,19H,10H2,1-2H3. The van der Waals surface area contributed by atoms with Crippen LogP contribution in [0.25, 0.3) is 0 Å². The van der Waals surface area contributed by atoms with Crippen molar-refractivity contribution >= 4 is 17.3 Å². The number of hydrogen-bond acceptors (Lipinski definition) is 2. The summed E-state index contributed by atoms with van der Waals surface area (Å²) in [6, 6.07) is 14.8. The summed E-state index contributed by atoms with van der Waals surface area (Å²) < 4.78 is 0. The van der Waals surface area contributed by atoms with Crippen LogP contribution < -0.4 is 5.43 Å². The van der Waals surface area contributed by atoms with Gasteiger partial charge in [-0.15, -0.1) is 0 Å². The third kappa shape index (κ3) is 2.56. The van der Waals surface area contributed by atoms with E-state index in [4.69, 9.17) is 11.6 Å². The molecule has 0 radical (unpaired) electrons. The van der Waals surface area contributed by atoms with Crippen LogP contribution in [0.3, 0.4) is 0 Å². The van der Waals surface area contributed by atoms with E-state index >= 15 is 0 Å². The molecule has 0 saturated carbocycles. The van der Waals surface area contributed by atoms with Crippen molar-refractivity contribution in [1.29, 1.82) is 0 Å². The highest BCUT2D eigenvalue weighted by Gasteiger charge is 2.17. The van der Waals surface area contributed by atoms with Crippen molar-refractivity contribution in [2.24, 2.45) is 5.10 Å². The lowest BCUT2D eigenvalue weighted by Crippen LogP contribution is -2.21. The van der Waals surface area contributed by atoms with Crippen LogP contribution in [0.1, 0.15) is 29.2 Å². The number of aryl methyl sites for hydroxylation is 1. The largest absolute Gasteiger partial charge is 0.306 e. The molecule has 0 saturated heterocycles. The molecule has 3 rings (SSSR count). The summed E-state index contributed by atoms with van der Waals surface area (Å²) in [5, 5.41) is 5.35. The summed E-state index contributed by atoms with van der Waals surface area (Å²) in [5.74, 6) is 0. The molecule has 1 N–H and O–H groups in total. The van der Waals surface area contributed by atoms with Gasteiger partial charge in [-0.05, 0) is 44.0 Å². The molecule has 1 aliphatic heterocycles. The van der Waals surface area contributed by atoms with Crippen LogP contribution in [0.2, 0.25) is 5.02 Å². The minimum atomic E-state index is 0.334. The van der Waals surface area contributed by atoms with Crippen LogP contribution in [0.15, 0.2) is 47.6 Å². The number of benzene rings is 2. The predicted octanol–water partition coefficient (Wildman–Crippen LogP) is 3.94. The molecule has 2 aromatic rings. The van der Waals surface area contributed by atoms with E-state index in [1.165, 1.54) is 16.7 Å². The molecule has 0 amide bonds. The van der Waals surface area contributed by atoms with Gasteiger partial charge in [0.05, 0.1) is 5.71 Å². The van der Waals surface area contributed by atoms with E-state index in [1.807, 2.05) is 24.3 Å². The van der Waals surface area contributed by atoms with Gasteiger partial charge in [-0.1, -0.05) is 41.4 Å². The Bertz CT molecular complexity index is 659. The van der Waals surface area contributed by atoms with Crippen molar-refractivity contribution < 1.29 is 0 Å². The van der Waals surface area contributed by atoms with Gasteiger partial charge in [-0.3, -0.25) is 0 Å². The van der Waals surface area contributed by atoms with Crippen molar-refractivity contribution in [3.8, 4) is 0 Å². The highest BCUT2D eigenvalue weighted by Crippen LogP contribution is 2.22. The Balaban J connectivity index is 2.14. The fourth-order valence-electron chi connectivity index (χ4n) is 2.53. The second-order valence-electron chi connectivity index (χ2n) is 5.36. The quantitative estimate of drug-likeness (QED) is 0.843. The molecule has 1 atom stereocenters. The van der Waals surface area contributed by atoms with Gasteiger partial charge in [0.15, 0.2) is 0 Å². The van der Waals surface area contributed by atoms with Crippen LogP contribution in [-0.4, -0.2) is 11.8 Å². The van der Waals surface area contributed by atoms with E-state index in [1.54, 1.807) is 0 Å². The summed E-state index contributed by atoms with van der Waals surface area (Å²) in [4.78, 5) is 0. The van der Waals surface area contributed by atoms with Gasteiger partial charge in [0, 0.05) is 22.2 Å². The molecule has 0 aliphatic carbocycles. The third-order valence-corrected chi connectivity index (χ3v) is 3.81. The van der Waals surface area contributed by atoms with Gasteiger partial charge in [0.1, 0.15) is 0 Å². The van der Waals surface area contributed by atoms with Crippen molar-refractivity contribution in [3.05, 3.63) is 69.7 Å². The molecule has 0 aromatic heterocycles. The fraction of sp³-hybridized carbons (Fsp3) is 0.235. The maximum atomic E-state index is 5.98. The fourth-order valence-corrected chi connectivity index (χ4v) is 2.65. The highest BCUT2D eigenvalue weighted by molar-refractivity contribution is 6.30. The van der Waals surface area contributed by atoms with Gasteiger partial charge in [-0.2, -0.15) is 5.10 Å². The number of fused-ring (bicyclic) bond motifs is 1. The van der Waals surface area contributed by atoms with Gasteiger partial charge in [-0.25, -0.2) is 0 Å². The zero-order valence-electron chi connectivity index (χ0n) is 11.7. The van der Waals surface area contributed by atoms with Gasteiger partial charge < -0.3 is 5.43 Å². The van der Waals surface area contributed by atoms with Crippen LogP contribution >= 0.6 is 11.6 Å². The summed E-state index contributed by atoms with van der Waals surface area (Å²) in [6.45, 7) is 4.26. The molecule has 1 unspecified atom stereocenters. The Morgan fingerprint density at radius 2 is 1.90 bits per heavy atom.